The highest BCUT2D eigenvalue weighted by atomic mass is 19.1. The minimum absolute atomic E-state index is 0.0958. The van der Waals surface area contributed by atoms with Crippen molar-refractivity contribution in [3.8, 4) is 17.0 Å². The molecule has 0 radical (unpaired) electrons. The molecule has 1 aromatic heterocycles. The second-order valence-corrected chi connectivity index (χ2v) is 6.02. The van der Waals surface area contributed by atoms with Crippen molar-refractivity contribution >= 4 is 16.8 Å². The number of nitrogens with one attached hydrogen (secondary N) is 2. The van der Waals surface area contributed by atoms with Crippen molar-refractivity contribution in [1.82, 2.24) is 15.5 Å². The van der Waals surface area contributed by atoms with Gasteiger partial charge < -0.3 is 10.1 Å². The number of hydrogen-bond donors (Lipinski definition) is 2. The Morgan fingerprint density at radius 1 is 1.32 bits per heavy atom. The normalized spacial score (nSPS) is 13.9. The summed E-state index contributed by atoms with van der Waals surface area (Å²) >= 11 is 0. The van der Waals surface area contributed by atoms with E-state index in [0.717, 1.165) is 12.8 Å². The quantitative estimate of drug-likeness (QED) is 0.763. The van der Waals surface area contributed by atoms with Gasteiger partial charge in [-0.15, -0.1) is 0 Å². The van der Waals surface area contributed by atoms with Crippen LogP contribution in [0.25, 0.3) is 22.2 Å². The lowest BCUT2D eigenvalue weighted by molar-refractivity contribution is 0.0947. The molecule has 1 aliphatic rings. The summed E-state index contributed by atoms with van der Waals surface area (Å²) in [6.07, 6.45) is 1.83. The third-order valence-electron chi connectivity index (χ3n) is 4.22. The Balaban J connectivity index is 1.90. The number of benzene rings is 2. The molecule has 0 atom stereocenters. The van der Waals surface area contributed by atoms with Crippen molar-refractivity contribution in [2.75, 3.05) is 7.11 Å². The summed E-state index contributed by atoms with van der Waals surface area (Å²) in [5.74, 6) is -1.66. The molecule has 1 fully saturated rings. The average Bonchev–Trinajstić information content (AvgIpc) is 3.30. The number of aromatic nitrogens is 2. The van der Waals surface area contributed by atoms with Crippen LogP contribution >= 0.6 is 0 Å². The zero-order valence-electron chi connectivity index (χ0n) is 13.4. The number of aromatic amines is 1. The van der Waals surface area contributed by atoms with Crippen LogP contribution in [0.2, 0.25) is 0 Å². The zero-order valence-corrected chi connectivity index (χ0v) is 13.4. The van der Waals surface area contributed by atoms with E-state index in [-0.39, 0.29) is 22.9 Å². The summed E-state index contributed by atoms with van der Waals surface area (Å²) in [4.78, 5) is 12.4. The van der Waals surface area contributed by atoms with Crippen molar-refractivity contribution in [2.45, 2.75) is 18.9 Å². The van der Waals surface area contributed by atoms with E-state index in [0.29, 0.717) is 16.6 Å². The minimum atomic E-state index is -0.698. The Kier molecular flexibility index (Phi) is 3.63. The number of ether oxygens (including phenoxy) is 1. The van der Waals surface area contributed by atoms with Gasteiger partial charge in [-0.1, -0.05) is 12.1 Å². The molecule has 0 unspecified atom stereocenters. The molecule has 0 saturated heterocycles. The number of rotatable bonds is 4. The predicted molar refractivity (Wildman–Crippen MR) is 88.5 cm³/mol. The number of methoxy groups -OCH3 is 1. The van der Waals surface area contributed by atoms with Crippen LogP contribution in [0.4, 0.5) is 8.78 Å². The topological polar surface area (TPSA) is 67.0 Å². The number of halogens is 2. The average molecular weight is 343 g/mol. The molecule has 1 saturated carbocycles. The smallest absolute Gasteiger partial charge is 0.255 e. The second-order valence-electron chi connectivity index (χ2n) is 6.02. The van der Waals surface area contributed by atoms with E-state index >= 15 is 0 Å². The number of carbonyl (C=O) groups is 1. The Morgan fingerprint density at radius 3 is 2.80 bits per heavy atom. The van der Waals surface area contributed by atoms with Gasteiger partial charge in [0.25, 0.3) is 5.91 Å². The van der Waals surface area contributed by atoms with Gasteiger partial charge >= 0.3 is 0 Å². The van der Waals surface area contributed by atoms with Crippen molar-refractivity contribution in [1.29, 1.82) is 0 Å². The fourth-order valence-corrected chi connectivity index (χ4v) is 2.82. The molecule has 128 valence electrons. The predicted octanol–water partition coefficient (Wildman–Crippen LogP) is 3.41. The Bertz CT molecular complexity index is 980. The molecule has 1 aliphatic carbocycles. The van der Waals surface area contributed by atoms with E-state index in [1.807, 2.05) is 0 Å². The summed E-state index contributed by atoms with van der Waals surface area (Å²) in [5, 5.41) is 9.92. The maximum Gasteiger partial charge on any atom is 0.255 e. The third kappa shape index (κ3) is 2.71. The number of H-pyrrole nitrogens is 1. The Hall–Kier alpha value is -2.96. The highest BCUT2D eigenvalue weighted by molar-refractivity contribution is 6.04. The monoisotopic (exact) mass is 343 g/mol. The summed E-state index contributed by atoms with van der Waals surface area (Å²) in [7, 11) is 1.31. The lowest BCUT2D eigenvalue weighted by atomic mass is 10.0. The molecule has 4 rings (SSSR count). The summed E-state index contributed by atoms with van der Waals surface area (Å²) in [6, 6.07) is 7.50. The van der Waals surface area contributed by atoms with E-state index in [2.05, 4.69) is 15.5 Å². The van der Waals surface area contributed by atoms with Crippen LogP contribution in [-0.4, -0.2) is 29.3 Å². The highest BCUT2D eigenvalue weighted by Gasteiger charge is 2.28. The molecule has 25 heavy (non-hydrogen) atoms. The fourth-order valence-electron chi connectivity index (χ4n) is 2.82. The van der Waals surface area contributed by atoms with Gasteiger partial charge in [-0.2, -0.15) is 5.10 Å². The SMILES string of the molecule is COc1c(C(=O)NC2CC2)cc2c(-c3cccc(F)c3)n[nH]c2c1F. The molecule has 0 bridgehead atoms. The zero-order chi connectivity index (χ0) is 17.6. The van der Waals surface area contributed by atoms with Crippen molar-refractivity contribution in [3.05, 3.63) is 47.5 Å². The van der Waals surface area contributed by atoms with Gasteiger partial charge in [0.15, 0.2) is 11.6 Å². The van der Waals surface area contributed by atoms with E-state index < -0.39 is 17.5 Å². The number of hydrogen-bond acceptors (Lipinski definition) is 3. The maximum absolute atomic E-state index is 14.8. The lowest BCUT2D eigenvalue weighted by Gasteiger charge is -2.11. The first-order chi connectivity index (χ1) is 12.1. The summed E-state index contributed by atoms with van der Waals surface area (Å²) in [6.45, 7) is 0. The van der Waals surface area contributed by atoms with E-state index in [1.165, 1.54) is 25.3 Å². The van der Waals surface area contributed by atoms with Gasteiger partial charge in [-0.25, -0.2) is 8.78 Å². The molecule has 1 heterocycles. The van der Waals surface area contributed by atoms with Gasteiger partial charge in [-0.3, -0.25) is 9.89 Å². The van der Waals surface area contributed by atoms with Gasteiger partial charge in [0.05, 0.1) is 12.7 Å². The van der Waals surface area contributed by atoms with Gasteiger partial charge in [0.2, 0.25) is 0 Å². The van der Waals surface area contributed by atoms with E-state index in [1.54, 1.807) is 12.1 Å². The van der Waals surface area contributed by atoms with E-state index in [4.69, 9.17) is 4.74 Å². The molecular formula is C18H15F2N3O2. The number of carbonyl (C=O) groups excluding carboxylic acids is 1. The van der Waals surface area contributed by atoms with Crippen LogP contribution < -0.4 is 10.1 Å². The van der Waals surface area contributed by atoms with Crippen molar-refractivity contribution < 1.29 is 18.3 Å². The summed E-state index contributed by atoms with van der Waals surface area (Å²) in [5.41, 5.74) is 1.07. The van der Waals surface area contributed by atoms with Crippen LogP contribution in [0.1, 0.15) is 23.2 Å². The number of amides is 1. The Labute approximate surface area is 142 Å². The Morgan fingerprint density at radius 2 is 2.12 bits per heavy atom. The second kappa shape index (κ2) is 5.84. The van der Waals surface area contributed by atoms with Crippen molar-refractivity contribution in [3.63, 3.8) is 0 Å². The van der Waals surface area contributed by atoms with Gasteiger partial charge in [-0.05, 0) is 31.0 Å². The molecule has 7 heteroatoms. The van der Waals surface area contributed by atoms with Crippen LogP contribution in [0, 0.1) is 11.6 Å². The van der Waals surface area contributed by atoms with E-state index in [9.17, 15) is 13.6 Å². The number of fused-ring (bicyclic) bond motifs is 1. The standard InChI is InChI=1S/C18H15F2N3O2/c1-25-17-13(18(24)21-11-5-6-11)8-12-15(22-23-16(12)14(17)20)9-3-2-4-10(19)7-9/h2-4,7-8,11H,5-6H2,1H3,(H,21,24)(H,22,23). The first-order valence-corrected chi connectivity index (χ1v) is 7.90. The molecule has 3 aromatic rings. The molecule has 0 spiro atoms. The van der Waals surface area contributed by atoms with Crippen LogP contribution in [0.5, 0.6) is 5.75 Å². The van der Waals surface area contributed by atoms with Crippen LogP contribution in [0.3, 0.4) is 0 Å². The molecule has 5 nitrogen and oxygen atoms in total. The van der Waals surface area contributed by atoms with Gasteiger partial charge in [0.1, 0.15) is 17.0 Å². The first kappa shape index (κ1) is 15.6. The molecule has 0 aliphatic heterocycles. The highest BCUT2D eigenvalue weighted by Crippen LogP contribution is 2.35. The van der Waals surface area contributed by atoms with Crippen LogP contribution in [0.15, 0.2) is 30.3 Å². The molecule has 1 amide bonds. The lowest BCUT2D eigenvalue weighted by Crippen LogP contribution is -2.26. The van der Waals surface area contributed by atoms with Crippen molar-refractivity contribution in [2.24, 2.45) is 0 Å². The third-order valence-corrected chi connectivity index (χ3v) is 4.22. The first-order valence-electron chi connectivity index (χ1n) is 7.90. The van der Waals surface area contributed by atoms with Crippen LogP contribution in [-0.2, 0) is 0 Å². The summed E-state index contributed by atoms with van der Waals surface area (Å²) < 4.78 is 33.4. The minimum Gasteiger partial charge on any atom is -0.493 e. The van der Waals surface area contributed by atoms with Gasteiger partial charge in [0, 0.05) is 17.0 Å². The largest absolute Gasteiger partial charge is 0.493 e. The molecular weight excluding hydrogens is 328 g/mol. The fraction of sp³-hybridized carbons (Fsp3) is 0.222. The number of nitrogens with zero attached hydrogens (tertiary/aromatic N) is 1. The maximum atomic E-state index is 14.8. The molecule has 2 aromatic carbocycles. The molecule has 2 N–H and O–H groups in total.